The first-order valence-electron chi connectivity index (χ1n) is 4.89. The standard InChI is InChI=1S/C12H11ClINO/c1-15-7-9-3-5-12(16-9)10-4-2-8(13)6-11(10)14/h2-6,15H,7H2,1H3. The van der Waals surface area contributed by atoms with E-state index in [2.05, 4.69) is 27.9 Å². The van der Waals surface area contributed by atoms with E-state index in [0.717, 1.165) is 32.2 Å². The quantitative estimate of drug-likeness (QED) is 0.851. The van der Waals surface area contributed by atoms with Crippen molar-refractivity contribution in [1.82, 2.24) is 5.32 Å². The average molecular weight is 348 g/mol. The number of rotatable bonds is 3. The van der Waals surface area contributed by atoms with E-state index >= 15 is 0 Å². The second kappa shape index (κ2) is 5.21. The zero-order valence-electron chi connectivity index (χ0n) is 8.76. The molecule has 0 unspecified atom stereocenters. The van der Waals surface area contributed by atoms with E-state index in [4.69, 9.17) is 16.0 Å². The zero-order chi connectivity index (χ0) is 11.5. The minimum absolute atomic E-state index is 0.740. The van der Waals surface area contributed by atoms with Crippen molar-refractivity contribution in [3.05, 3.63) is 44.7 Å². The monoisotopic (exact) mass is 347 g/mol. The highest BCUT2D eigenvalue weighted by atomic mass is 127. The molecule has 1 aromatic carbocycles. The number of hydrogen-bond donors (Lipinski definition) is 1. The number of benzene rings is 1. The van der Waals surface area contributed by atoms with Crippen LogP contribution in [-0.4, -0.2) is 7.05 Å². The maximum Gasteiger partial charge on any atom is 0.135 e. The zero-order valence-corrected chi connectivity index (χ0v) is 11.7. The van der Waals surface area contributed by atoms with Gasteiger partial charge < -0.3 is 9.73 Å². The fourth-order valence-electron chi connectivity index (χ4n) is 1.48. The van der Waals surface area contributed by atoms with Crippen molar-refractivity contribution in [3.8, 4) is 11.3 Å². The molecule has 2 aromatic rings. The van der Waals surface area contributed by atoms with Gasteiger partial charge in [0, 0.05) is 14.2 Å². The van der Waals surface area contributed by atoms with Crippen LogP contribution in [0.25, 0.3) is 11.3 Å². The molecule has 0 radical (unpaired) electrons. The second-order valence-corrected chi connectivity index (χ2v) is 5.02. The first kappa shape index (κ1) is 12.0. The number of halogens is 2. The first-order chi connectivity index (χ1) is 7.70. The molecule has 1 aromatic heterocycles. The molecule has 0 aliphatic carbocycles. The normalized spacial score (nSPS) is 10.7. The molecule has 0 bridgehead atoms. The Balaban J connectivity index is 2.35. The lowest BCUT2D eigenvalue weighted by atomic mass is 10.2. The lowest BCUT2D eigenvalue weighted by Gasteiger charge is -2.01. The van der Waals surface area contributed by atoms with E-state index in [-0.39, 0.29) is 0 Å². The fourth-order valence-corrected chi connectivity index (χ4v) is 2.62. The van der Waals surface area contributed by atoms with Crippen LogP contribution in [0.2, 0.25) is 5.02 Å². The largest absolute Gasteiger partial charge is 0.460 e. The third-order valence-corrected chi connectivity index (χ3v) is 3.34. The minimum atomic E-state index is 0.740. The maximum absolute atomic E-state index is 5.91. The summed E-state index contributed by atoms with van der Waals surface area (Å²) < 4.78 is 6.81. The molecule has 4 heteroatoms. The van der Waals surface area contributed by atoms with Gasteiger partial charge in [-0.05, 0) is 60.0 Å². The first-order valence-corrected chi connectivity index (χ1v) is 6.35. The Morgan fingerprint density at radius 2 is 2.12 bits per heavy atom. The van der Waals surface area contributed by atoms with Crippen molar-refractivity contribution in [2.45, 2.75) is 6.54 Å². The highest BCUT2D eigenvalue weighted by Gasteiger charge is 2.08. The van der Waals surface area contributed by atoms with Gasteiger partial charge in [-0.2, -0.15) is 0 Å². The Labute approximate surface area is 113 Å². The van der Waals surface area contributed by atoms with Gasteiger partial charge in [0.1, 0.15) is 11.5 Å². The molecule has 2 nitrogen and oxygen atoms in total. The summed E-state index contributed by atoms with van der Waals surface area (Å²) in [6.07, 6.45) is 0. The molecule has 0 saturated heterocycles. The van der Waals surface area contributed by atoms with Crippen LogP contribution in [0.5, 0.6) is 0 Å². The Hall–Kier alpha value is -0.520. The number of hydrogen-bond acceptors (Lipinski definition) is 2. The smallest absolute Gasteiger partial charge is 0.135 e. The van der Waals surface area contributed by atoms with Crippen molar-refractivity contribution < 1.29 is 4.42 Å². The van der Waals surface area contributed by atoms with Crippen LogP contribution in [0.4, 0.5) is 0 Å². The summed E-state index contributed by atoms with van der Waals surface area (Å²) in [5, 5.41) is 3.80. The van der Waals surface area contributed by atoms with Crippen molar-refractivity contribution >= 4 is 34.2 Å². The van der Waals surface area contributed by atoms with Crippen LogP contribution in [0, 0.1) is 3.57 Å². The Kier molecular flexibility index (Phi) is 3.89. The summed E-state index contributed by atoms with van der Waals surface area (Å²) in [6, 6.07) is 9.75. The van der Waals surface area contributed by atoms with Crippen LogP contribution in [0.3, 0.4) is 0 Å². The van der Waals surface area contributed by atoms with Gasteiger partial charge in [-0.3, -0.25) is 0 Å². The topological polar surface area (TPSA) is 25.2 Å². The molecule has 1 heterocycles. The fraction of sp³-hybridized carbons (Fsp3) is 0.167. The average Bonchev–Trinajstić information content (AvgIpc) is 2.67. The minimum Gasteiger partial charge on any atom is -0.460 e. The highest BCUT2D eigenvalue weighted by molar-refractivity contribution is 14.1. The van der Waals surface area contributed by atoms with E-state index in [0.29, 0.717) is 0 Å². The van der Waals surface area contributed by atoms with Crippen LogP contribution in [0.1, 0.15) is 5.76 Å². The lowest BCUT2D eigenvalue weighted by Crippen LogP contribution is -2.03. The SMILES string of the molecule is CNCc1ccc(-c2ccc(Cl)cc2I)o1. The van der Waals surface area contributed by atoms with Crippen molar-refractivity contribution in [2.24, 2.45) is 0 Å². The molecule has 0 aliphatic rings. The second-order valence-electron chi connectivity index (χ2n) is 3.42. The van der Waals surface area contributed by atoms with Crippen LogP contribution in [-0.2, 0) is 6.54 Å². The Morgan fingerprint density at radius 1 is 1.31 bits per heavy atom. The Morgan fingerprint density at radius 3 is 2.81 bits per heavy atom. The van der Waals surface area contributed by atoms with Gasteiger partial charge in [0.05, 0.1) is 6.54 Å². The molecule has 0 saturated carbocycles. The van der Waals surface area contributed by atoms with Gasteiger partial charge in [0.25, 0.3) is 0 Å². The van der Waals surface area contributed by atoms with Crippen molar-refractivity contribution in [2.75, 3.05) is 7.05 Å². The summed E-state index contributed by atoms with van der Waals surface area (Å²) in [7, 11) is 1.90. The molecule has 1 N–H and O–H groups in total. The van der Waals surface area contributed by atoms with Crippen molar-refractivity contribution in [1.29, 1.82) is 0 Å². The van der Waals surface area contributed by atoms with Gasteiger partial charge in [-0.25, -0.2) is 0 Å². The van der Waals surface area contributed by atoms with Gasteiger partial charge in [-0.1, -0.05) is 11.6 Å². The van der Waals surface area contributed by atoms with E-state index in [1.54, 1.807) is 0 Å². The summed E-state index contributed by atoms with van der Waals surface area (Å²) in [4.78, 5) is 0. The Bertz CT molecular complexity index is 496. The molecule has 0 fully saturated rings. The molecule has 16 heavy (non-hydrogen) atoms. The maximum atomic E-state index is 5.91. The number of nitrogens with one attached hydrogen (secondary N) is 1. The van der Waals surface area contributed by atoms with Gasteiger partial charge in [0.15, 0.2) is 0 Å². The predicted molar refractivity (Wildman–Crippen MR) is 74.6 cm³/mol. The van der Waals surface area contributed by atoms with E-state index in [1.165, 1.54) is 0 Å². The molecule has 0 atom stereocenters. The van der Waals surface area contributed by atoms with Crippen LogP contribution in [0.15, 0.2) is 34.7 Å². The lowest BCUT2D eigenvalue weighted by molar-refractivity contribution is 0.507. The van der Waals surface area contributed by atoms with E-state index in [1.807, 2.05) is 37.4 Å². The highest BCUT2D eigenvalue weighted by Crippen LogP contribution is 2.29. The summed E-state index contributed by atoms with van der Waals surface area (Å²) in [5.74, 6) is 1.81. The van der Waals surface area contributed by atoms with Crippen LogP contribution >= 0.6 is 34.2 Å². The van der Waals surface area contributed by atoms with Gasteiger partial charge in [0.2, 0.25) is 0 Å². The summed E-state index contributed by atoms with van der Waals surface area (Å²) >= 11 is 8.17. The summed E-state index contributed by atoms with van der Waals surface area (Å²) in [6.45, 7) is 0.740. The van der Waals surface area contributed by atoms with E-state index in [9.17, 15) is 0 Å². The third kappa shape index (κ3) is 2.59. The van der Waals surface area contributed by atoms with Crippen molar-refractivity contribution in [3.63, 3.8) is 0 Å². The van der Waals surface area contributed by atoms with Crippen LogP contribution < -0.4 is 5.32 Å². The molecule has 0 spiro atoms. The predicted octanol–water partition coefficient (Wildman–Crippen LogP) is 3.92. The molecule has 2 rings (SSSR count). The summed E-state index contributed by atoms with van der Waals surface area (Å²) in [5.41, 5.74) is 1.08. The molecular formula is C12H11ClINO. The molecule has 84 valence electrons. The molecule has 0 aliphatic heterocycles. The third-order valence-electron chi connectivity index (χ3n) is 2.21. The number of furan rings is 1. The molecule has 0 amide bonds. The van der Waals surface area contributed by atoms with E-state index < -0.39 is 0 Å². The van der Waals surface area contributed by atoms with Gasteiger partial charge in [-0.15, -0.1) is 0 Å². The van der Waals surface area contributed by atoms with Gasteiger partial charge >= 0.3 is 0 Å². The molecular weight excluding hydrogens is 336 g/mol.